The van der Waals surface area contributed by atoms with Crippen molar-refractivity contribution in [3.05, 3.63) is 29.8 Å². The van der Waals surface area contributed by atoms with Crippen molar-refractivity contribution in [2.75, 3.05) is 20.7 Å². The fraction of sp³-hybridized carbons (Fsp3) is 0.462. The van der Waals surface area contributed by atoms with Crippen LogP contribution in [0, 0.1) is 6.92 Å². The first kappa shape index (κ1) is 12.6. The highest BCUT2D eigenvalue weighted by atomic mass is 16.5. The Bertz CT molecular complexity index is 348. The van der Waals surface area contributed by atoms with Gasteiger partial charge >= 0.3 is 0 Å². The second kappa shape index (κ2) is 6.16. The lowest BCUT2D eigenvalue weighted by Gasteiger charge is -2.10. The highest BCUT2D eigenvalue weighted by Gasteiger charge is 2.03. The van der Waals surface area contributed by atoms with Crippen molar-refractivity contribution in [2.45, 2.75) is 19.8 Å². The van der Waals surface area contributed by atoms with E-state index in [-0.39, 0.29) is 5.91 Å². The monoisotopic (exact) mass is 221 g/mol. The van der Waals surface area contributed by atoms with Crippen molar-refractivity contribution in [2.24, 2.45) is 0 Å². The molecule has 3 heteroatoms. The number of aryl methyl sites for hydroxylation is 1. The Labute approximate surface area is 97.0 Å². The third-order valence-corrected chi connectivity index (χ3v) is 2.29. The molecular formula is C13H19NO2. The number of ether oxygens (including phenoxy) is 1. The maximum absolute atomic E-state index is 11.3. The molecule has 0 aliphatic rings. The second-order valence-electron chi connectivity index (χ2n) is 4.06. The normalized spacial score (nSPS) is 9.94. The number of hydrogen-bond donors (Lipinski definition) is 0. The second-order valence-corrected chi connectivity index (χ2v) is 4.06. The summed E-state index contributed by atoms with van der Waals surface area (Å²) in [5.74, 6) is 1.02. The molecule has 1 aromatic carbocycles. The van der Waals surface area contributed by atoms with Crippen LogP contribution in [0.3, 0.4) is 0 Å². The lowest BCUT2D eigenvalue weighted by atomic mass is 10.2. The van der Waals surface area contributed by atoms with Crippen LogP contribution >= 0.6 is 0 Å². The van der Waals surface area contributed by atoms with E-state index in [4.69, 9.17) is 4.74 Å². The van der Waals surface area contributed by atoms with Gasteiger partial charge in [-0.05, 0) is 31.0 Å². The van der Waals surface area contributed by atoms with E-state index in [0.717, 1.165) is 12.2 Å². The Balaban J connectivity index is 2.23. The first-order chi connectivity index (χ1) is 7.59. The molecule has 0 fully saturated rings. The summed E-state index contributed by atoms with van der Waals surface area (Å²) < 4.78 is 5.55. The predicted octanol–water partition coefficient (Wildman–Crippen LogP) is 2.24. The van der Waals surface area contributed by atoms with Gasteiger partial charge < -0.3 is 9.64 Å². The summed E-state index contributed by atoms with van der Waals surface area (Å²) in [6.07, 6.45) is 1.30. The van der Waals surface area contributed by atoms with E-state index in [1.54, 1.807) is 19.0 Å². The first-order valence-corrected chi connectivity index (χ1v) is 5.49. The van der Waals surface area contributed by atoms with Gasteiger partial charge in [0, 0.05) is 20.5 Å². The third-order valence-electron chi connectivity index (χ3n) is 2.29. The summed E-state index contributed by atoms with van der Waals surface area (Å²) in [7, 11) is 3.54. The van der Waals surface area contributed by atoms with Crippen LogP contribution in [0.15, 0.2) is 24.3 Å². The van der Waals surface area contributed by atoms with Crippen molar-refractivity contribution in [1.82, 2.24) is 4.90 Å². The van der Waals surface area contributed by atoms with Gasteiger partial charge in [-0.3, -0.25) is 4.79 Å². The van der Waals surface area contributed by atoms with E-state index in [1.165, 1.54) is 5.56 Å². The number of amides is 1. The molecule has 0 spiro atoms. The molecule has 16 heavy (non-hydrogen) atoms. The van der Waals surface area contributed by atoms with Crippen LogP contribution < -0.4 is 4.74 Å². The molecular weight excluding hydrogens is 202 g/mol. The van der Waals surface area contributed by atoms with Gasteiger partial charge in [-0.1, -0.05) is 12.1 Å². The molecule has 0 radical (unpaired) electrons. The van der Waals surface area contributed by atoms with Crippen molar-refractivity contribution in [3.63, 3.8) is 0 Å². The van der Waals surface area contributed by atoms with Gasteiger partial charge in [-0.15, -0.1) is 0 Å². The molecule has 0 N–H and O–H groups in total. The molecule has 0 aliphatic heterocycles. The Morgan fingerprint density at radius 2 is 2.12 bits per heavy atom. The zero-order valence-corrected chi connectivity index (χ0v) is 10.2. The van der Waals surface area contributed by atoms with E-state index in [0.29, 0.717) is 13.0 Å². The molecule has 0 aromatic heterocycles. The van der Waals surface area contributed by atoms with Crippen LogP contribution in [0.2, 0.25) is 0 Å². The number of benzene rings is 1. The number of hydrogen-bond acceptors (Lipinski definition) is 2. The topological polar surface area (TPSA) is 29.5 Å². The molecule has 1 amide bonds. The summed E-state index contributed by atoms with van der Waals surface area (Å²) >= 11 is 0. The van der Waals surface area contributed by atoms with Gasteiger partial charge in [0.05, 0.1) is 6.61 Å². The molecule has 0 atom stereocenters. The average molecular weight is 221 g/mol. The minimum absolute atomic E-state index is 0.146. The summed E-state index contributed by atoms with van der Waals surface area (Å²) in [5, 5.41) is 0. The Morgan fingerprint density at radius 3 is 2.75 bits per heavy atom. The van der Waals surface area contributed by atoms with Gasteiger partial charge in [0.2, 0.25) is 5.91 Å². The van der Waals surface area contributed by atoms with Crippen molar-refractivity contribution >= 4 is 5.91 Å². The Kier molecular flexibility index (Phi) is 4.83. The number of carbonyl (C=O) groups excluding carboxylic acids is 1. The molecule has 0 heterocycles. The molecule has 1 rings (SSSR count). The lowest BCUT2D eigenvalue weighted by molar-refractivity contribution is -0.128. The van der Waals surface area contributed by atoms with Crippen molar-refractivity contribution in [1.29, 1.82) is 0 Å². The number of rotatable bonds is 5. The van der Waals surface area contributed by atoms with Crippen LogP contribution in [0.1, 0.15) is 18.4 Å². The smallest absolute Gasteiger partial charge is 0.222 e. The van der Waals surface area contributed by atoms with E-state index in [1.807, 2.05) is 31.2 Å². The number of nitrogens with zero attached hydrogens (tertiary/aromatic N) is 1. The Hall–Kier alpha value is -1.51. The fourth-order valence-electron chi connectivity index (χ4n) is 1.34. The zero-order chi connectivity index (χ0) is 12.0. The van der Waals surface area contributed by atoms with Crippen LogP contribution in [0.25, 0.3) is 0 Å². The minimum Gasteiger partial charge on any atom is -0.494 e. The molecule has 88 valence electrons. The van der Waals surface area contributed by atoms with E-state index >= 15 is 0 Å². The molecule has 0 aliphatic carbocycles. The molecule has 0 unspecified atom stereocenters. The van der Waals surface area contributed by atoms with Crippen LogP contribution in [-0.4, -0.2) is 31.5 Å². The highest BCUT2D eigenvalue weighted by Crippen LogP contribution is 2.12. The Morgan fingerprint density at radius 1 is 1.38 bits per heavy atom. The highest BCUT2D eigenvalue weighted by molar-refractivity contribution is 5.75. The van der Waals surface area contributed by atoms with E-state index < -0.39 is 0 Å². The van der Waals surface area contributed by atoms with Gasteiger partial charge in [0.15, 0.2) is 0 Å². The maximum Gasteiger partial charge on any atom is 0.222 e. The SMILES string of the molecule is Cc1cccc(OCCCC(=O)N(C)C)c1. The summed E-state index contributed by atoms with van der Waals surface area (Å²) in [6, 6.07) is 7.92. The van der Waals surface area contributed by atoms with E-state index in [9.17, 15) is 4.79 Å². The molecule has 1 aromatic rings. The van der Waals surface area contributed by atoms with Gasteiger partial charge in [-0.2, -0.15) is 0 Å². The zero-order valence-electron chi connectivity index (χ0n) is 10.2. The van der Waals surface area contributed by atoms with E-state index in [2.05, 4.69) is 0 Å². The molecule has 0 saturated heterocycles. The summed E-state index contributed by atoms with van der Waals surface area (Å²) in [6.45, 7) is 2.62. The van der Waals surface area contributed by atoms with Gasteiger partial charge in [-0.25, -0.2) is 0 Å². The van der Waals surface area contributed by atoms with Crippen LogP contribution in [0.5, 0.6) is 5.75 Å². The van der Waals surface area contributed by atoms with Crippen molar-refractivity contribution < 1.29 is 9.53 Å². The first-order valence-electron chi connectivity index (χ1n) is 5.49. The largest absolute Gasteiger partial charge is 0.494 e. The average Bonchev–Trinajstić information content (AvgIpc) is 2.24. The van der Waals surface area contributed by atoms with Crippen LogP contribution in [-0.2, 0) is 4.79 Å². The van der Waals surface area contributed by atoms with Crippen molar-refractivity contribution in [3.8, 4) is 5.75 Å². The van der Waals surface area contributed by atoms with Gasteiger partial charge in [0.1, 0.15) is 5.75 Å². The fourth-order valence-corrected chi connectivity index (χ4v) is 1.34. The quantitative estimate of drug-likeness (QED) is 0.714. The predicted molar refractivity (Wildman–Crippen MR) is 64.6 cm³/mol. The lowest BCUT2D eigenvalue weighted by Crippen LogP contribution is -2.21. The van der Waals surface area contributed by atoms with Gasteiger partial charge in [0.25, 0.3) is 0 Å². The maximum atomic E-state index is 11.3. The summed E-state index contributed by atoms with van der Waals surface area (Å²) in [4.78, 5) is 12.9. The number of carbonyl (C=O) groups is 1. The summed E-state index contributed by atoms with van der Waals surface area (Å²) in [5.41, 5.74) is 1.18. The minimum atomic E-state index is 0.146. The molecule has 0 bridgehead atoms. The van der Waals surface area contributed by atoms with Crippen LogP contribution in [0.4, 0.5) is 0 Å². The molecule has 0 saturated carbocycles. The molecule has 3 nitrogen and oxygen atoms in total. The third kappa shape index (κ3) is 4.34. The standard InChI is InChI=1S/C13H19NO2/c1-11-6-4-7-12(10-11)16-9-5-8-13(15)14(2)3/h4,6-7,10H,5,8-9H2,1-3H3.